The summed E-state index contributed by atoms with van der Waals surface area (Å²) in [4.78, 5) is 0. The second kappa shape index (κ2) is 4.07. The first-order chi connectivity index (χ1) is 5.33. The van der Waals surface area contributed by atoms with Crippen molar-refractivity contribution in [2.75, 3.05) is 13.2 Å². The fourth-order valence-electron chi connectivity index (χ4n) is 1.75. The third kappa shape index (κ3) is 2.17. The van der Waals surface area contributed by atoms with Gasteiger partial charge in [-0.3, -0.25) is 0 Å². The summed E-state index contributed by atoms with van der Waals surface area (Å²) in [5, 5.41) is 0. The van der Waals surface area contributed by atoms with Crippen molar-refractivity contribution < 1.29 is 4.74 Å². The summed E-state index contributed by atoms with van der Waals surface area (Å²) >= 11 is 0. The summed E-state index contributed by atoms with van der Waals surface area (Å²) in [5.41, 5.74) is 5.75. The Balaban J connectivity index is 2.33. The highest BCUT2D eigenvalue weighted by molar-refractivity contribution is 4.87. The van der Waals surface area contributed by atoms with Crippen molar-refractivity contribution in [2.24, 2.45) is 5.73 Å². The fourth-order valence-corrected chi connectivity index (χ4v) is 1.75. The molecular formula is C9H19NO. The van der Waals surface area contributed by atoms with Gasteiger partial charge in [0.2, 0.25) is 0 Å². The highest BCUT2D eigenvalue weighted by atomic mass is 16.5. The largest absolute Gasteiger partial charge is 0.374 e. The average Bonchev–Trinajstić information content (AvgIpc) is 2.50. The van der Waals surface area contributed by atoms with Gasteiger partial charge in [0.05, 0.1) is 5.60 Å². The zero-order valence-corrected chi connectivity index (χ0v) is 7.44. The van der Waals surface area contributed by atoms with Crippen molar-refractivity contribution in [3.8, 4) is 0 Å². The topological polar surface area (TPSA) is 35.2 Å². The molecule has 0 aromatic heterocycles. The van der Waals surface area contributed by atoms with E-state index in [0.29, 0.717) is 6.54 Å². The second-order valence-corrected chi connectivity index (χ2v) is 3.44. The molecule has 0 radical (unpaired) electrons. The summed E-state index contributed by atoms with van der Waals surface area (Å²) in [6, 6.07) is 0. The number of hydrogen-bond acceptors (Lipinski definition) is 2. The fraction of sp³-hybridized carbons (Fsp3) is 1.00. The Bertz CT molecular complexity index is 108. The van der Waals surface area contributed by atoms with Crippen LogP contribution < -0.4 is 5.73 Å². The molecule has 1 aliphatic rings. The first-order valence-corrected chi connectivity index (χ1v) is 4.67. The minimum atomic E-state index is 0.0655. The Hall–Kier alpha value is -0.0800. The van der Waals surface area contributed by atoms with Crippen molar-refractivity contribution in [3.63, 3.8) is 0 Å². The number of hydrogen-bond donors (Lipinski definition) is 1. The summed E-state index contributed by atoms with van der Waals surface area (Å²) < 4.78 is 5.76. The second-order valence-electron chi connectivity index (χ2n) is 3.44. The molecule has 0 amide bonds. The highest BCUT2D eigenvalue weighted by Gasteiger charge is 2.32. The standard InChI is InChI=1S/C9H19NO/c1-2-7-11-9(8-10)5-3-4-6-9/h2-8,10H2,1H3. The van der Waals surface area contributed by atoms with E-state index in [4.69, 9.17) is 10.5 Å². The Morgan fingerprint density at radius 2 is 2.00 bits per heavy atom. The zero-order valence-electron chi connectivity index (χ0n) is 7.44. The minimum absolute atomic E-state index is 0.0655. The van der Waals surface area contributed by atoms with E-state index in [9.17, 15) is 0 Å². The van der Waals surface area contributed by atoms with Crippen LogP contribution in [0.25, 0.3) is 0 Å². The predicted molar refractivity (Wildman–Crippen MR) is 46.5 cm³/mol. The van der Waals surface area contributed by atoms with Crippen LogP contribution >= 0.6 is 0 Å². The molecule has 0 atom stereocenters. The van der Waals surface area contributed by atoms with Crippen molar-refractivity contribution >= 4 is 0 Å². The molecule has 2 nitrogen and oxygen atoms in total. The molecule has 1 aliphatic carbocycles. The normalized spacial score (nSPS) is 22.4. The summed E-state index contributed by atoms with van der Waals surface area (Å²) in [7, 11) is 0. The smallest absolute Gasteiger partial charge is 0.0804 e. The zero-order chi connectivity index (χ0) is 8.16. The molecule has 1 fully saturated rings. The van der Waals surface area contributed by atoms with Gasteiger partial charge >= 0.3 is 0 Å². The lowest BCUT2D eigenvalue weighted by molar-refractivity contribution is -0.0331. The van der Waals surface area contributed by atoms with Crippen LogP contribution in [0.3, 0.4) is 0 Å². The van der Waals surface area contributed by atoms with Crippen LogP contribution in [0.1, 0.15) is 39.0 Å². The van der Waals surface area contributed by atoms with E-state index >= 15 is 0 Å². The van der Waals surface area contributed by atoms with Gasteiger partial charge in [0.1, 0.15) is 0 Å². The van der Waals surface area contributed by atoms with Crippen LogP contribution in [0.4, 0.5) is 0 Å². The molecule has 0 aliphatic heterocycles. The van der Waals surface area contributed by atoms with E-state index in [1.165, 1.54) is 25.7 Å². The molecule has 0 saturated heterocycles. The quantitative estimate of drug-likeness (QED) is 0.674. The maximum Gasteiger partial charge on any atom is 0.0804 e. The first-order valence-electron chi connectivity index (χ1n) is 4.67. The van der Waals surface area contributed by atoms with Crippen molar-refractivity contribution in [1.29, 1.82) is 0 Å². The summed E-state index contributed by atoms with van der Waals surface area (Å²) in [6.45, 7) is 3.71. The Labute approximate surface area is 69.1 Å². The average molecular weight is 157 g/mol. The SMILES string of the molecule is CCCOC1(CN)CCCC1. The molecule has 0 spiro atoms. The maximum atomic E-state index is 5.76. The van der Waals surface area contributed by atoms with Gasteiger partial charge in [0.25, 0.3) is 0 Å². The molecule has 1 rings (SSSR count). The van der Waals surface area contributed by atoms with Gasteiger partial charge in [-0.2, -0.15) is 0 Å². The van der Waals surface area contributed by atoms with Gasteiger partial charge in [-0.1, -0.05) is 19.8 Å². The van der Waals surface area contributed by atoms with Crippen molar-refractivity contribution in [1.82, 2.24) is 0 Å². The van der Waals surface area contributed by atoms with E-state index in [0.717, 1.165) is 13.0 Å². The molecule has 2 N–H and O–H groups in total. The van der Waals surface area contributed by atoms with Crippen molar-refractivity contribution in [2.45, 2.75) is 44.6 Å². The maximum absolute atomic E-state index is 5.76. The van der Waals surface area contributed by atoms with Crippen LogP contribution in [0, 0.1) is 0 Å². The Morgan fingerprint density at radius 3 is 2.45 bits per heavy atom. The predicted octanol–water partition coefficient (Wildman–Crippen LogP) is 1.68. The van der Waals surface area contributed by atoms with Crippen LogP contribution in [0.2, 0.25) is 0 Å². The third-order valence-electron chi connectivity index (χ3n) is 2.50. The molecule has 0 bridgehead atoms. The van der Waals surface area contributed by atoms with Crippen LogP contribution in [-0.4, -0.2) is 18.8 Å². The lowest BCUT2D eigenvalue weighted by Gasteiger charge is -2.27. The monoisotopic (exact) mass is 157 g/mol. The Morgan fingerprint density at radius 1 is 1.36 bits per heavy atom. The lowest BCUT2D eigenvalue weighted by Crippen LogP contribution is -2.38. The molecule has 2 heteroatoms. The minimum Gasteiger partial charge on any atom is -0.374 e. The highest BCUT2D eigenvalue weighted by Crippen LogP contribution is 2.32. The molecule has 0 heterocycles. The summed E-state index contributed by atoms with van der Waals surface area (Å²) in [6.07, 6.45) is 6.02. The molecule has 0 aromatic carbocycles. The number of rotatable bonds is 4. The molecule has 66 valence electrons. The van der Waals surface area contributed by atoms with E-state index in [1.54, 1.807) is 0 Å². The van der Waals surface area contributed by atoms with Gasteiger partial charge in [0, 0.05) is 13.2 Å². The van der Waals surface area contributed by atoms with Crippen molar-refractivity contribution in [3.05, 3.63) is 0 Å². The van der Waals surface area contributed by atoms with E-state index in [2.05, 4.69) is 6.92 Å². The molecular weight excluding hydrogens is 138 g/mol. The molecule has 0 unspecified atom stereocenters. The van der Waals surface area contributed by atoms with Crippen LogP contribution in [0.15, 0.2) is 0 Å². The molecule has 1 saturated carbocycles. The van der Waals surface area contributed by atoms with Gasteiger partial charge in [-0.05, 0) is 19.3 Å². The molecule has 11 heavy (non-hydrogen) atoms. The Kier molecular flexibility index (Phi) is 3.34. The van der Waals surface area contributed by atoms with E-state index < -0.39 is 0 Å². The van der Waals surface area contributed by atoms with Gasteiger partial charge in [-0.15, -0.1) is 0 Å². The lowest BCUT2D eigenvalue weighted by atomic mass is 10.0. The number of ether oxygens (including phenoxy) is 1. The molecule has 0 aromatic rings. The summed E-state index contributed by atoms with van der Waals surface area (Å²) in [5.74, 6) is 0. The van der Waals surface area contributed by atoms with Gasteiger partial charge in [0.15, 0.2) is 0 Å². The third-order valence-corrected chi connectivity index (χ3v) is 2.50. The first kappa shape index (κ1) is 9.01. The van der Waals surface area contributed by atoms with Gasteiger partial charge in [-0.25, -0.2) is 0 Å². The van der Waals surface area contributed by atoms with E-state index in [1.807, 2.05) is 0 Å². The number of nitrogens with two attached hydrogens (primary N) is 1. The van der Waals surface area contributed by atoms with E-state index in [-0.39, 0.29) is 5.60 Å². The van der Waals surface area contributed by atoms with Crippen LogP contribution in [0.5, 0.6) is 0 Å². The van der Waals surface area contributed by atoms with Crippen LogP contribution in [-0.2, 0) is 4.74 Å². The van der Waals surface area contributed by atoms with Gasteiger partial charge < -0.3 is 10.5 Å².